The molecule has 2 aromatic rings. The van der Waals surface area contributed by atoms with Crippen molar-refractivity contribution in [1.29, 1.82) is 0 Å². The van der Waals surface area contributed by atoms with Gasteiger partial charge in [-0.05, 0) is 24.5 Å². The number of rotatable bonds is 8. The largest absolute Gasteiger partial charge is 0.354 e. The van der Waals surface area contributed by atoms with Gasteiger partial charge in [0.15, 0.2) is 0 Å². The third kappa shape index (κ3) is 5.75. The van der Waals surface area contributed by atoms with E-state index in [0.717, 1.165) is 17.5 Å². The zero-order chi connectivity index (χ0) is 18.1. The van der Waals surface area contributed by atoms with Crippen LogP contribution < -0.4 is 5.32 Å². The number of hydrogen-bond acceptors (Lipinski definition) is 2. The van der Waals surface area contributed by atoms with Crippen molar-refractivity contribution in [3.63, 3.8) is 0 Å². The van der Waals surface area contributed by atoms with Gasteiger partial charge in [-0.25, -0.2) is 0 Å². The Kier molecular flexibility index (Phi) is 7.20. The highest BCUT2D eigenvalue weighted by Crippen LogP contribution is 2.12. The van der Waals surface area contributed by atoms with Crippen molar-refractivity contribution < 1.29 is 9.59 Å². The van der Waals surface area contributed by atoms with Gasteiger partial charge in [-0.15, -0.1) is 0 Å². The zero-order valence-electron chi connectivity index (χ0n) is 14.9. The van der Waals surface area contributed by atoms with Crippen LogP contribution in [0.2, 0.25) is 0 Å². The highest BCUT2D eigenvalue weighted by Gasteiger charge is 2.25. The van der Waals surface area contributed by atoms with Crippen molar-refractivity contribution in [2.75, 3.05) is 6.54 Å². The highest BCUT2D eigenvalue weighted by molar-refractivity contribution is 5.88. The summed E-state index contributed by atoms with van der Waals surface area (Å²) in [6.45, 7) is 4.84. The first-order valence-corrected chi connectivity index (χ1v) is 8.76. The smallest absolute Gasteiger partial charge is 0.242 e. The van der Waals surface area contributed by atoms with Gasteiger partial charge in [0.05, 0.1) is 6.42 Å². The van der Waals surface area contributed by atoms with E-state index in [0.29, 0.717) is 19.5 Å². The summed E-state index contributed by atoms with van der Waals surface area (Å²) >= 11 is 0. The lowest BCUT2D eigenvalue weighted by atomic mass is 10.1. The molecule has 25 heavy (non-hydrogen) atoms. The molecule has 0 spiro atoms. The fourth-order valence-corrected chi connectivity index (χ4v) is 2.63. The number of amides is 2. The van der Waals surface area contributed by atoms with E-state index in [1.54, 1.807) is 11.8 Å². The molecule has 0 aromatic heterocycles. The molecule has 0 bridgehead atoms. The average molecular weight is 338 g/mol. The second-order valence-electron chi connectivity index (χ2n) is 6.14. The zero-order valence-corrected chi connectivity index (χ0v) is 14.9. The normalized spacial score (nSPS) is 11.6. The number of hydrogen-bond donors (Lipinski definition) is 1. The Hall–Kier alpha value is -2.62. The first-order valence-electron chi connectivity index (χ1n) is 8.76. The second-order valence-corrected chi connectivity index (χ2v) is 6.14. The van der Waals surface area contributed by atoms with Crippen LogP contribution in [0.4, 0.5) is 0 Å². The minimum atomic E-state index is -0.511. The van der Waals surface area contributed by atoms with Crippen molar-refractivity contribution >= 4 is 11.8 Å². The fraction of sp³-hybridized carbons (Fsp3) is 0.333. The van der Waals surface area contributed by atoms with Crippen LogP contribution in [-0.4, -0.2) is 29.3 Å². The summed E-state index contributed by atoms with van der Waals surface area (Å²) in [5.41, 5.74) is 1.96. The quantitative estimate of drug-likeness (QED) is 0.804. The van der Waals surface area contributed by atoms with Crippen molar-refractivity contribution in [2.24, 2.45) is 0 Å². The number of nitrogens with one attached hydrogen (secondary N) is 1. The molecule has 4 heteroatoms. The Morgan fingerprint density at radius 2 is 1.52 bits per heavy atom. The summed E-state index contributed by atoms with van der Waals surface area (Å²) in [6, 6.07) is 18.9. The summed E-state index contributed by atoms with van der Waals surface area (Å²) in [5, 5.41) is 2.88. The van der Waals surface area contributed by atoms with Crippen molar-refractivity contribution in [3.05, 3.63) is 71.8 Å². The average Bonchev–Trinajstić information content (AvgIpc) is 2.65. The Morgan fingerprint density at radius 3 is 2.08 bits per heavy atom. The maximum Gasteiger partial charge on any atom is 0.242 e. The standard InChI is InChI=1S/C21H26N2O2/c1-3-14-22-21(25)17(2)23(16-19-12-8-5-9-13-19)20(24)15-18-10-6-4-7-11-18/h4-13,17H,3,14-16H2,1-2H3,(H,22,25). The number of benzene rings is 2. The molecule has 2 rings (SSSR count). The molecule has 132 valence electrons. The molecule has 4 nitrogen and oxygen atoms in total. The third-order valence-electron chi connectivity index (χ3n) is 4.11. The lowest BCUT2D eigenvalue weighted by molar-refractivity contribution is -0.140. The predicted octanol–water partition coefficient (Wildman–Crippen LogP) is 3.17. The summed E-state index contributed by atoms with van der Waals surface area (Å²) in [7, 11) is 0. The van der Waals surface area contributed by atoms with Crippen LogP contribution in [0.1, 0.15) is 31.4 Å². The maximum atomic E-state index is 12.9. The molecule has 2 aromatic carbocycles. The van der Waals surface area contributed by atoms with Gasteiger partial charge in [0, 0.05) is 13.1 Å². The van der Waals surface area contributed by atoms with Crippen LogP contribution in [0.25, 0.3) is 0 Å². The van der Waals surface area contributed by atoms with Crippen molar-refractivity contribution in [3.8, 4) is 0 Å². The Morgan fingerprint density at radius 1 is 0.960 bits per heavy atom. The topological polar surface area (TPSA) is 49.4 Å². The fourth-order valence-electron chi connectivity index (χ4n) is 2.63. The summed E-state index contributed by atoms with van der Waals surface area (Å²) in [5.74, 6) is -0.159. The second kappa shape index (κ2) is 9.62. The Bertz CT molecular complexity index is 671. The molecule has 0 fully saturated rings. The first-order chi connectivity index (χ1) is 12.1. The number of carbonyl (C=O) groups excluding carboxylic acids is 2. The molecule has 0 aliphatic heterocycles. The van der Waals surface area contributed by atoms with Gasteiger partial charge < -0.3 is 10.2 Å². The lowest BCUT2D eigenvalue weighted by Gasteiger charge is -2.29. The molecule has 0 radical (unpaired) electrons. The minimum absolute atomic E-state index is 0.0470. The van der Waals surface area contributed by atoms with Gasteiger partial charge in [0.1, 0.15) is 6.04 Å². The molecule has 1 unspecified atom stereocenters. The summed E-state index contributed by atoms with van der Waals surface area (Å²) in [6.07, 6.45) is 1.16. The number of nitrogens with zero attached hydrogens (tertiary/aromatic N) is 1. The van der Waals surface area contributed by atoms with E-state index < -0.39 is 6.04 Å². The molecule has 0 heterocycles. The van der Waals surface area contributed by atoms with E-state index in [1.165, 1.54) is 0 Å². The van der Waals surface area contributed by atoms with Gasteiger partial charge >= 0.3 is 0 Å². The van der Waals surface area contributed by atoms with Gasteiger partial charge in [-0.3, -0.25) is 9.59 Å². The third-order valence-corrected chi connectivity index (χ3v) is 4.11. The Balaban J connectivity index is 2.15. The van der Waals surface area contributed by atoms with Gasteiger partial charge in [-0.1, -0.05) is 67.6 Å². The molecule has 1 atom stereocenters. The maximum absolute atomic E-state index is 12.9. The molecule has 0 aliphatic carbocycles. The minimum Gasteiger partial charge on any atom is -0.354 e. The van der Waals surface area contributed by atoms with E-state index in [2.05, 4.69) is 5.32 Å². The molecule has 0 saturated heterocycles. The Labute approximate surface area is 149 Å². The van der Waals surface area contributed by atoms with Crippen molar-refractivity contribution in [1.82, 2.24) is 10.2 Å². The molecular weight excluding hydrogens is 312 g/mol. The van der Waals surface area contributed by atoms with Crippen LogP contribution >= 0.6 is 0 Å². The SMILES string of the molecule is CCCNC(=O)C(C)N(Cc1ccccc1)C(=O)Cc1ccccc1. The first kappa shape index (κ1) is 18.7. The van der Waals surface area contributed by atoms with E-state index in [9.17, 15) is 9.59 Å². The van der Waals surface area contributed by atoms with E-state index in [-0.39, 0.29) is 11.8 Å². The monoisotopic (exact) mass is 338 g/mol. The van der Waals surface area contributed by atoms with Gasteiger partial charge in [0.25, 0.3) is 0 Å². The van der Waals surface area contributed by atoms with E-state index in [4.69, 9.17) is 0 Å². The van der Waals surface area contributed by atoms with Gasteiger partial charge in [0.2, 0.25) is 11.8 Å². The van der Waals surface area contributed by atoms with Crippen LogP contribution in [0.15, 0.2) is 60.7 Å². The molecular formula is C21H26N2O2. The molecule has 0 aliphatic rings. The molecule has 0 saturated carbocycles. The van der Waals surface area contributed by atoms with Gasteiger partial charge in [-0.2, -0.15) is 0 Å². The molecule has 1 N–H and O–H groups in total. The predicted molar refractivity (Wildman–Crippen MR) is 99.9 cm³/mol. The van der Waals surface area contributed by atoms with Crippen molar-refractivity contribution in [2.45, 2.75) is 39.3 Å². The summed E-state index contributed by atoms with van der Waals surface area (Å²) in [4.78, 5) is 26.9. The highest BCUT2D eigenvalue weighted by atomic mass is 16.2. The van der Waals surface area contributed by atoms with E-state index in [1.807, 2.05) is 67.6 Å². The van der Waals surface area contributed by atoms with Crippen LogP contribution in [0, 0.1) is 0 Å². The summed E-state index contributed by atoms with van der Waals surface area (Å²) < 4.78 is 0. The lowest BCUT2D eigenvalue weighted by Crippen LogP contribution is -2.48. The molecule has 2 amide bonds. The van der Waals surface area contributed by atoms with Crippen LogP contribution in [-0.2, 0) is 22.6 Å². The van der Waals surface area contributed by atoms with Crippen LogP contribution in [0.5, 0.6) is 0 Å². The number of carbonyl (C=O) groups is 2. The van der Waals surface area contributed by atoms with E-state index >= 15 is 0 Å². The van der Waals surface area contributed by atoms with Crippen LogP contribution in [0.3, 0.4) is 0 Å².